The summed E-state index contributed by atoms with van der Waals surface area (Å²) < 4.78 is 11.0. The maximum atomic E-state index is 11.6. The van der Waals surface area contributed by atoms with E-state index in [2.05, 4.69) is 20.8 Å². The molecule has 1 heterocycles. The molecule has 1 aliphatic rings. The molecule has 0 saturated carbocycles. The van der Waals surface area contributed by atoms with Crippen LogP contribution in [0.3, 0.4) is 0 Å². The number of imide groups is 1. The van der Waals surface area contributed by atoms with Crippen molar-refractivity contribution in [1.82, 2.24) is 4.90 Å². The Balaban J connectivity index is 2.03. The highest BCUT2D eigenvalue weighted by Gasteiger charge is 2.30. The van der Waals surface area contributed by atoms with Gasteiger partial charge in [-0.3, -0.25) is 14.5 Å². The van der Waals surface area contributed by atoms with Crippen LogP contribution in [0.25, 0.3) is 0 Å². The number of aliphatic hydroxyl groups is 1. The van der Waals surface area contributed by atoms with E-state index < -0.39 is 6.10 Å². The van der Waals surface area contributed by atoms with E-state index in [1.807, 2.05) is 6.07 Å². The fourth-order valence-electron chi connectivity index (χ4n) is 2.62. The third-order valence-electron chi connectivity index (χ3n) is 3.97. The number of carbonyl (C=O) groups is 2. The van der Waals surface area contributed by atoms with Gasteiger partial charge >= 0.3 is 0 Å². The van der Waals surface area contributed by atoms with Crippen molar-refractivity contribution in [3.63, 3.8) is 0 Å². The number of methoxy groups -OCH3 is 1. The van der Waals surface area contributed by atoms with Crippen LogP contribution < -0.4 is 9.47 Å². The van der Waals surface area contributed by atoms with Crippen LogP contribution in [0.4, 0.5) is 0 Å². The van der Waals surface area contributed by atoms with Crippen LogP contribution >= 0.6 is 0 Å². The summed E-state index contributed by atoms with van der Waals surface area (Å²) in [5.74, 6) is 0.917. The molecule has 24 heavy (non-hydrogen) atoms. The molecule has 1 fully saturated rings. The first-order valence-electron chi connectivity index (χ1n) is 8.05. The van der Waals surface area contributed by atoms with E-state index in [1.165, 1.54) is 0 Å². The molecule has 1 atom stereocenters. The summed E-state index contributed by atoms with van der Waals surface area (Å²) in [5, 5.41) is 10.1. The Kier molecular flexibility index (Phi) is 5.49. The van der Waals surface area contributed by atoms with Crippen LogP contribution in [-0.4, -0.2) is 48.2 Å². The number of hydrogen-bond acceptors (Lipinski definition) is 5. The van der Waals surface area contributed by atoms with Gasteiger partial charge in [0.15, 0.2) is 0 Å². The van der Waals surface area contributed by atoms with E-state index >= 15 is 0 Å². The van der Waals surface area contributed by atoms with E-state index in [1.54, 1.807) is 19.2 Å². The van der Waals surface area contributed by atoms with Crippen molar-refractivity contribution < 1.29 is 24.2 Å². The molecule has 1 N–H and O–H groups in total. The third kappa shape index (κ3) is 4.26. The van der Waals surface area contributed by atoms with E-state index in [9.17, 15) is 14.7 Å². The summed E-state index contributed by atoms with van der Waals surface area (Å²) in [6, 6.07) is 5.51. The summed E-state index contributed by atoms with van der Waals surface area (Å²) in [6.45, 7) is 6.16. The number of hydrogen-bond donors (Lipinski definition) is 1. The summed E-state index contributed by atoms with van der Waals surface area (Å²) >= 11 is 0. The molecule has 0 aliphatic carbocycles. The van der Waals surface area contributed by atoms with Crippen LogP contribution in [0.2, 0.25) is 0 Å². The zero-order chi connectivity index (χ0) is 17.9. The quantitative estimate of drug-likeness (QED) is 0.803. The van der Waals surface area contributed by atoms with Crippen molar-refractivity contribution in [2.24, 2.45) is 0 Å². The number of ether oxygens (including phenoxy) is 2. The zero-order valence-electron chi connectivity index (χ0n) is 14.7. The molecule has 0 spiro atoms. The fourth-order valence-corrected chi connectivity index (χ4v) is 2.62. The molecule has 132 valence electrons. The first kappa shape index (κ1) is 18.3. The van der Waals surface area contributed by atoms with Gasteiger partial charge in [0.2, 0.25) is 11.8 Å². The number of amides is 2. The van der Waals surface area contributed by atoms with Crippen molar-refractivity contribution in [1.29, 1.82) is 0 Å². The Bertz CT molecular complexity index is 604. The summed E-state index contributed by atoms with van der Waals surface area (Å²) in [6.07, 6.45) is -0.482. The molecule has 6 heteroatoms. The van der Waals surface area contributed by atoms with Crippen LogP contribution in [0.15, 0.2) is 18.2 Å². The normalized spacial score (nSPS) is 16.5. The van der Waals surface area contributed by atoms with Crippen molar-refractivity contribution >= 4 is 11.8 Å². The Morgan fingerprint density at radius 3 is 2.38 bits per heavy atom. The van der Waals surface area contributed by atoms with E-state index in [0.717, 1.165) is 16.2 Å². The Hall–Kier alpha value is -2.08. The Labute approximate surface area is 142 Å². The largest absolute Gasteiger partial charge is 0.497 e. The lowest BCUT2D eigenvalue weighted by Gasteiger charge is -2.25. The zero-order valence-corrected chi connectivity index (χ0v) is 14.7. The Morgan fingerprint density at radius 2 is 1.83 bits per heavy atom. The lowest BCUT2D eigenvalue weighted by molar-refractivity contribution is -0.140. The fraction of sp³-hybridized carbons (Fsp3) is 0.556. The number of aliphatic hydroxyl groups excluding tert-OH is 1. The maximum absolute atomic E-state index is 11.6. The van der Waals surface area contributed by atoms with Crippen LogP contribution in [0.1, 0.15) is 39.2 Å². The molecule has 0 radical (unpaired) electrons. The molecule has 1 aromatic carbocycles. The molecule has 2 rings (SSSR count). The molecule has 0 bridgehead atoms. The Morgan fingerprint density at radius 1 is 1.21 bits per heavy atom. The van der Waals surface area contributed by atoms with Crippen LogP contribution in [0, 0.1) is 0 Å². The van der Waals surface area contributed by atoms with Crippen molar-refractivity contribution in [3.8, 4) is 11.5 Å². The van der Waals surface area contributed by atoms with Gasteiger partial charge in [-0.05, 0) is 23.6 Å². The van der Waals surface area contributed by atoms with Gasteiger partial charge < -0.3 is 14.6 Å². The highest BCUT2D eigenvalue weighted by atomic mass is 16.5. The first-order chi connectivity index (χ1) is 11.2. The molecule has 2 amide bonds. The third-order valence-corrected chi connectivity index (χ3v) is 3.97. The molecular formula is C18H25NO5. The average molecular weight is 335 g/mol. The van der Waals surface area contributed by atoms with E-state index in [0.29, 0.717) is 5.75 Å². The highest BCUT2D eigenvalue weighted by Crippen LogP contribution is 2.34. The monoisotopic (exact) mass is 335 g/mol. The van der Waals surface area contributed by atoms with Gasteiger partial charge in [-0.15, -0.1) is 0 Å². The number of nitrogens with zero attached hydrogens (tertiary/aromatic N) is 1. The van der Waals surface area contributed by atoms with Crippen molar-refractivity contribution in [2.75, 3.05) is 20.3 Å². The second-order valence-electron chi connectivity index (χ2n) is 6.98. The van der Waals surface area contributed by atoms with Gasteiger partial charge in [0, 0.05) is 18.4 Å². The van der Waals surface area contributed by atoms with Gasteiger partial charge in [-0.2, -0.15) is 0 Å². The molecular weight excluding hydrogens is 310 g/mol. The maximum Gasteiger partial charge on any atom is 0.229 e. The molecule has 1 aliphatic heterocycles. The molecule has 1 unspecified atom stereocenters. The number of benzene rings is 1. The van der Waals surface area contributed by atoms with Gasteiger partial charge in [0.05, 0.1) is 13.7 Å². The lowest BCUT2D eigenvalue weighted by atomic mass is 9.86. The van der Waals surface area contributed by atoms with Gasteiger partial charge in [-0.25, -0.2) is 0 Å². The lowest BCUT2D eigenvalue weighted by Crippen LogP contribution is -2.38. The standard InChI is InChI=1S/C18H25NO5/c1-18(2,3)14-9-13(23-4)5-6-15(14)24-11-12(20)10-19-16(21)7-8-17(19)22/h5-6,9,12,20H,7-8,10-11H2,1-4H3. The molecule has 0 aromatic heterocycles. The summed E-state index contributed by atoms with van der Waals surface area (Å²) in [7, 11) is 1.61. The SMILES string of the molecule is COc1ccc(OCC(O)CN2C(=O)CCC2=O)c(C(C)(C)C)c1. The number of carbonyl (C=O) groups excluding carboxylic acids is 2. The first-order valence-corrected chi connectivity index (χ1v) is 8.05. The number of likely N-dealkylation sites (tertiary alicyclic amines) is 1. The van der Waals surface area contributed by atoms with E-state index in [-0.39, 0.29) is 43.2 Å². The van der Waals surface area contributed by atoms with Gasteiger partial charge in [0.25, 0.3) is 0 Å². The predicted octanol–water partition coefficient (Wildman–Crippen LogP) is 1.88. The van der Waals surface area contributed by atoms with Gasteiger partial charge in [-0.1, -0.05) is 20.8 Å². The number of rotatable bonds is 6. The van der Waals surface area contributed by atoms with Crippen LogP contribution in [0.5, 0.6) is 11.5 Å². The molecule has 1 aromatic rings. The predicted molar refractivity (Wildman–Crippen MR) is 89.1 cm³/mol. The minimum Gasteiger partial charge on any atom is -0.497 e. The number of β-amino-alcohol motifs (C(OH)–C–C–N with tert-alkyl or cyclic N) is 1. The van der Waals surface area contributed by atoms with E-state index in [4.69, 9.17) is 9.47 Å². The minimum absolute atomic E-state index is 0.00642. The second-order valence-corrected chi connectivity index (χ2v) is 6.98. The highest BCUT2D eigenvalue weighted by molar-refractivity contribution is 6.01. The van der Waals surface area contributed by atoms with Gasteiger partial charge in [0.1, 0.15) is 24.2 Å². The van der Waals surface area contributed by atoms with Crippen molar-refractivity contribution in [2.45, 2.75) is 45.1 Å². The summed E-state index contributed by atoms with van der Waals surface area (Å²) in [4.78, 5) is 24.3. The second kappa shape index (κ2) is 7.21. The molecule has 6 nitrogen and oxygen atoms in total. The minimum atomic E-state index is -0.925. The topological polar surface area (TPSA) is 76.1 Å². The van der Waals surface area contributed by atoms with Crippen molar-refractivity contribution in [3.05, 3.63) is 23.8 Å². The molecule has 1 saturated heterocycles. The van der Waals surface area contributed by atoms with Crippen LogP contribution in [-0.2, 0) is 15.0 Å². The summed E-state index contributed by atoms with van der Waals surface area (Å²) in [5.41, 5.74) is 0.803. The smallest absolute Gasteiger partial charge is 0.229 e. The average Bonchev–Trinajstić information content (AvgIpc) is 2.83.